The number of methoxy groups -OCH3 is 1. The van der Waals surface area contributed by atoms with E-state index in [2.05, 4.69) is 11.4 Å². The van der Waals surface area contributed by atoms with Crippen LogP contribution in [0.25, 0.3) is 21.3 Å². The molecule has 2 aliphatic rings. The zero-order chi connectivity index (χ0) is 21.9. The van der Waals surface area contributed by atoms with Crippen molar-refractivity contribution < 1.29 is 19.4 Å². The van der Waals surface area contributed by atoms with Crippen molar-refractivity contribution in [3.63, 3.8) is 0 Å². The number of pyridine rings is 1. The molecule has 0 aliphatic heterocycles. The van der Waals surface area contributed by atoms with E-state index in [1.165, 1.54) is 23.6 Å². The lowest BCUT2D eigenvalue weighted by atomic mass is 10.0. The minimum Gasteiger partial charge on any atom is -0.494 e. The summed E-state index contributed by atoms with van der Waals surface area (Å²) in [5.74, 6) is -0.639. The highest BCUT2D eigenvalue weighted by molar-refractivity contribution is 7.15. The molecular weight excluding hydrogens is 416 g/mol. The fourth-order valence-corrected chi connectivity index (χ4v) is 5.80. The van der Waals surface area contributed by atoms with Gasteiger partial charge in [0.2, 0.25) is 11.3 Å². The quantitative estimate of drug-likeness (QED) is 0.637. The predicted octanol–water partition coefficient (Wildman–Crippen LogP) is 3.38. The smallest absolute Gasteiger partial charge is 0.341 e. The molecule has 1 amide bonds. The van der Waals surface area contributed by atoms with Crippen LogP contribution >= 0.6 is 11.3 Å². The van der Waals surface area contributed by atoms with E-state index in [1.807, 2.05) is 10.6 Å². The van der Waals surface area contributed by atoms with Crippen LogP contribution in [0.1, 0.15) is 46.6 Å². The molecular formula is C23H22N2O5S. The molecule has 3 aromatic rings. The van der Waals surface area contributed by atoms with E-state index in [1.54, 1.807) is 24.5 Å². The van der Waals surface area contributed by atoms with E-state index in [4.69, 9.17) is 4.74 Å². The van der Waals surface area contributed by atoms with Gasteiger partial charge >= 0.3 is 5.97 Å². The summed E-state index contributed by atoms with van der Waals surface area (Å²) in [7, 11) is 1.58. The third kappa shape index (κ3) is 3.31. The standard InChI is InChI=1S/C23H22N2O5S/c1-11(26)24-13-7-12-8-19(31-18(12)9-13)15-5-6-16-20(22(15)30-2)25(14-3-4-14)10-17(21(16)27)23(28)29/h5-6,8,10,13-14H,3-4,7,9H2,1-2H3,(H,24,26)(H,28,29). The molecule has 8 heteroatoms. The van der Waals surface area contributed by atoms with Crippen LogP contribution < -0.4 is 15.5 Å². The van der Waals surface area contributed by atoms with E-state index in [9.17, 15) is 19.5 Å². The van der Waals surface area contributed by atoms with Crippen LogP contribution in [0.4, 0.5) is 0 Å². The van der Waals surface area contributed by atoms with Gasteiger partial charge < -0.3 is 19.7 Å². The number of aromatic carboxylic acids is 1. The molecule has 1 unspecified atom stereocenters. The number of thiophene rings is 1. The largest absolute Gasteiger partial charge is 0.494 e. The maximum absolute atomic E-state index is 12.8. The minimum absolute atomic E-state index is 0.0182. The number of benzene rings is 1. The Labute approximate surface area is 182 Å². The Balaban J connectivity index is 1.65. The van der Waals surface area contributed by atoms with Gasteiger partial charge in [-0.2, -0.15) is 0 Å². The molecule has 2 aromatic heterocycles. The van der Waals surface area contributed by atoms with Crippen LogP contribution in [0.2, 0.25) is 0 Å². The van der Waals surface area contributed by atoms with Gasteiger partial charge in [-0.1, -0.05) is 0 Å². The summed E-state index contributed by atoms with van der Waals surface area (Å²) >= 11 is 1.67. The Morgan fingerprint density at radius 1 is 1.26 bits per heavy atom. The molecule has 1 aromatic carbocycles. The number of rotatable bonds is 5. The van der Waals surface area contributed by atoms with Crippen molar-refractivity contribution in [3.8, 4) is 16.2 Å². The van der Waals surface area contributed by atoms with Crippen molar-refractivity contribution >= 4 is 34.1 Å². The van der Waals surface area contributed by atoms with Gasteiger partial charge in [-0.25, -0.2) is 4.79 Å². The molecule has 2 heterocycles. The number of carbonyl (C=O) groups excluding carboxylic acids is 1. The van der Waals surface area contributed by atoms with Crippen LogP contribution in [0.5, 0.6) is 5.75 Å². The van der Waals surface area contributed by atoms with E-state index in [-0.39, 0.29) is 23.6 Å². The normalized spacial score (nSPS) is 17.5. The van der Waals surface area contributed by atoms with Crippen LogP contribution in [-0.2, 0) is 17.6 Å². The first-order chi connectivity index (χ1) is 14.9. The molecule has 0 saturated heterocycles. The zero-order valence-corrected chi connectivity index (χ0v) is 18.0. The number of carbonyl (C=O) groups is 2. The Morgan fingerprint density at radius 2 is 2.03 bits per heavy atom. The van der Waals surface area contributed by atoms with Crippen molar-refractivity contribution in [1.29, 1.82) is 0 Å². The first kappa shape index (κ1) is 19.8. The number of hydrogen-bond acceptors (Lipinski definition) is 5. The van der Waals surface area contributed by atoms with Gasteiger partial charge in [0, 0.05) is 46.9 Å². The van der Waals surface area contributed by atoms with Crippen molar-refractivity contribution in [1.82, 2.24) is 9.88 Å². The second-order valence-corrected chi connectivity index (χ2v) is 9.36. The molecule has 1 saturated carbocycles. The Bertz CT molecular complexity index is 1280. The van der Waals surface area contributed by atoms with Crippen molar-refractivity contribution in [2.75, 3.05) is 7.11 Å². The third-order valence-electron chi connectivity index (χ3n) is 5.99. The third-order valence-corrected chi connectivity index (χ3v) is 7.22. The van der Waals surface area contributed by atoms with Crippen molar-refractivity contribution in [3.05, 3.63) is 50.6 Å². The summed E-state index contributed by atoms with van der Waals surface area (Å²) in [5, 5.41) is 12.8. The average molecular weight is 439 g/mol. The highest BCUT2D eigenvalue weighted by Gasteiger charge is 2.30. The van der Waals surface area contributed by atoms with Crippen molar-refractivity contribution in [2.24, 2.45) is 0 Å². The van der Waals surface area contributed by atoms with E-state index >= 15 is 0 Å². The van der Waals surface area contributed by atoms with Crippen molar-refractivity contribution in [2.45, 2.75) is 44.7 Å². The Morgan fingerprint density at radius 3 is 2.65 bits per heavy atom. The number of nitrogens with one attached hydrogen (secondary N) is 1. The lowest BCUT2D eigenvalue weighted by Gasteiger charge is -2.17. The van der Waals surface area contributed by atoms with Crippen LogP contribution in [0.15, 0.2) is 29.2 Å². The molecule has 2 aliphatic carbocycles. The summed E-state index contributed by atoms with van der Waals surface area (Å²) in [6.45, 7) is 1.53. The predicted molar refractivity (Wildman–Crippen MR) is 118 cm³/mol. The number of ether oxygens (including phenoxy) is 1. The minimum atomic E-state index is -1.22. The molecule has 2 N–H and O–H groups in total. The van der Waals surface area contributed by atoms with Gasteiger partial charge in [0.1, 0.15) is 5.56 Å². The molecule has 5 rings (SSSR count). The maximum atomic E-state index is 12.8. The van der Waals surface area contributed by atoms with Gasteiger partial charge in [0.15, 0.2) is 5.75 Å². The van der Waals surface area contributed by atoms with Crippen LogP contribution in [0, 0.1) is 0 Å². The van der Waals surface area contributed by atoms with Gasteiger partial charge in [-0.15, -0.1) is 11.3 Å². The highest BCUT2D eigenvalue weighted by Crippen LogP contribution is 2.45. The Kier molecular flexibility index (Phi) is 4.62. The summed E-state index contributed by atoms with van der Waals surface area (Å²) in [5.41, 5.74) is 2.07. The fourth-order valence-electron chi connectivity index (χ4n) is 4.51. The molecule has 0 bridgehead atoms. The molecule has 31 heavy (non-hydrogen) atoms. The zero-order valence-electron chi connectivity index (χ0n) is 17.2. The van der Waals surface area contributed by atoms with E-state index in [0.29, 0.717) is 16.7 Å². The fraction of sp³-hybridized carbons (Fsp3) is 0.348. The van der Waals surface area contributed by atoms with Gasteiger partial charge in [-0.3, -0.25) is 9.59 Å². The number of carboxylic acid groups (broad SMARTS) is 1. The number of nitrogens with zero attached hydrogens (tertiary/aromatic N) is 1. The first-order valence-corrected chi connectivity index (χ1v) is 11.1. The summed E-state index contributed by atoms with van der Waals surface area (Å²) in [6.07, 6.45) is 4.97. The lowest BCUT2D eigenvalue weighted by Crippen LogP contribution is -2.33. The molecule has 1 atom stereocenters. The van der Waals surface area contributed by atoms with Gasteiger partial charge in [-0.05, 0) is 43.0 Å². The number of carboxylic acids is 1. The summed E-state index contributed by atoms with van der Waals surface area (Å²) in [4.78, 5) is 38.1. The summed E-state index contributed by atoms with van der Waals surface area (Å²) in [6, 6.07) is 6.01. The molecule has 160 valence electrons. The topological polar surface area (TPSA) is 97.6 Å². The van der Waals surface area contributed by atoms with Gasteiger partial charge in [0.25, 0.3) is 0 Å². The molecule has 0 radical (unpaired) electrons. The van der Waals surface area contributed by atoms with E-state index < -0.39 is 11.4 Å². The monoisotopic (exact) mass is 438 g/mol. The van der Waals surface area contributed by atoms with Crippen LogP contribution in [0.3, 0.4) is 0 Å². The molecule has 0 spiro atoms. The molecule has 7 nitrogen and oxygen atoms in total. The summed E-state index contributed by atoms with van der Waals surface area (Å²) < 4.78 is 7.70. The maximum Gasteiger partial charge on any atom is 0.341 e. The first-order valence-electron chi connectivity index (χ1n) is 10.3. The number of hydrogen-bond donors (Lipinski definition) is 2. The number of aromatic nitrogens is 1. The lowest BCUT2D eigenvalue weighted by molar-refractivity contribution is -0.119. The van der Waals surface area contributed by atoms with E-state index in [0.717, 1.165) is 36.1 Å². The Hall–Kier alpha value is -3.13. The number of amides is 1. The second-order valence-electron chi connectivity index (χ2n) is 8.22. The number of fused-ring (bicyclic) bond motifs is 2. The average Bonchev–Trinajstić information content (AvgIpc) is 3.38. The van der Waals surface area contributed by atoms with Gasteiger partial charge in [0.05, 0.1) is 18.0 Å². The second kappa shape index (κ2) is 7.23. The highest BCUT2D eigenvalue weighted by atomic mass is 32.1. The van der Waals surface area contributed by atoms with Crippen LogP contribution in [-0.4, -0.2) is 34.7 Å². The SMILES string of the molecule is COc1c(-c2cc3c(s2)CC(NC(C)=O)C3)ccc2c(=O)c(C(=O)O)cn(C3CC3)c12. The molecule has 1 fully saturated rings.